The second-order valence-electron chi connectivity index (χ2n) is 6.47. The van der Waals surface area contributed by atoms with E-state index in [1.165, 1.54) is 0 Å². The molecule has 7 nitrogen and oxygen atoms in total. The van der Waals surface area contributed by atoms with Gasteiger partial charge in [-0.3, -0.25) is 19.7 Å². The first kappa shape index (κ1) is 17.6. The van der Waals surface area contributed by atoms with Crippen molar-refractivity contribution in [3.05, 3.63) is 42.1 Å². The Labute approximate surface area is 146 Å². The molecule has 1 unspecified atom stereocenters. The Morgan fingerprint density at radius 1 is 1.20 bits per heavy atom. The fourth-order valence-corrected chi connectivity index (χ4v) is 3.25. The number of aromatic amines is 1. The van der Waals surface area contributed by atoms with Gasteiger partial charge < -0.3 is 10.2 Å². The van der Waals surface area contributed by atoms with E-state index in [9.17, 15) is 9.90 Å². The Morgan fingerprint density at radius 2 is 1.92 bits per heavy atom. The fourth-order valence-electron chi connectivity index (χ4n) is 3.25. The fraction of sp³-hybridized carbons (Fsp3) is 0.444. The summed E-state index contributed by atoms with van der Waals surface area (Å²) in [7, 11) is 0. The second-order valence-corrected chi connectivity index (χ2v) is 6.47. The lowest BCUT2D eigenvalue weighted by Gasteiger charge is -2.21. The molecule has 25 heavy (non-hydrogen) atoms. The Kier molecular flexibility index (Phi) is 5.80. The van der Waals surface area contributed by atoms with Crippen molar-refractivity contribution in [3.8, 4) is 11.3 Å². The molecule has 0 amide bonds. The number of carboxylic acids is 1. The van der Waals surface area contributed by atoms with Crippen LogP contribution in [0.1, 0.15) is 12.0 Å². The normalized spacial score (nSPS) is 19.6. The summed E-state index contributed by atoms with van der Waals surface area (Å²) in [5, 5.41) is 26.3. The Hall–Kier alpha value is -2.22. The van der Waals surface area contributed by atoms with Gasteiger partial charge in [0.05, 0.1) is 24.4 Å². The number of nitrogens with one attached hydrogen (secondary N) is 1. The van der Waals surface area contributed by atoms with E-state index < -0.39 is 12.1 Å². The molecular formula is C18H24N4O3. The van der Waals surface area contributed by atoms with Gasteiger partial charge in [-0.2, -0.15) is 5.10 Å². The van der Waals surface area contributed by atoms with Gasteiger partial charge in [0.1, 0.15) is 0 Å². The molecule has 1 aliphatic heterocycles. The smallest absolute Gasteiger partial charge is 0.304 e. The lowest BCUT2D eigenvalue weighted by atomic mass is 10.1. The number of hydrogen-bond acceptors (Lipinski definition) is 5. The van der Waals surface area contributed by atoms with E-state index in [-0.39, 0.29) is 6.42 Å². The molecule has 134 valence electrons. The van der Waals surface area contributed by atoms with Crippen LogP contribution in [0, 0.1) is 0 Å². The lowest BCUT2D eigenvalue weighted by molar-refractivity contribution is -0.137. The van der Waals surface area contributed by atoms with Crippen LogP contribution in [0.4, 0.5) is 0 Å². The minimum absolute atomic E-state index is 0.104. The van der Waals surface area contributed by atoms with Crippen LogP contribution in [0.2, 0.25) is 0 Å². The minimum Gasteiger partial charge on any atom is -0.481 e. The Bertz CT molecular complexity index is 689. The van der Waals surface area contributed by atoms with Crippen LogP contribution < -0.4 is 0 Å². The summed E-state index contributed by atoms with van der Waals surface area (Å²) in [6.45, 7) is 3.80. The van der Waals surface area contributed by atoms with E-state index in [4.69, 9.17) is 5.11 Å². The number of carbonyl (C=O) groups is 1. The zero-order valence-corrected chi connectivity index (χ0v) is 14.1. The number of aliphatic hydroxyl groups excluding tert-OH is 1. The van der Waals surface area contributed by atoms with Crippen LogP contribution in [-0.2, 0) is 11.3 Å². The predicted octanol–water partition coefficient (Wildman–Crippen LogP) is 1.03. The maximum absolute atomic E-state index is 10.7. The standard InChI is InChI=1S/C18H24N4O3/c23-16-12-21(7-6-17(24)25)8-9-22(13-16)11-15-10-19-20-18(15)14-4-2-1-3-5-14/h1-5,10,16,23H,6-9,11-13H2,(H,19,20)(H,24,25). The van der Waals surface area contributed by atoms with E-state index >= 15 is 0 Å². The minimum atomic E-state index is -0.804. The van der Waals surface area contributed by atoms with Gasteiger partial charge in [-0.15, -0.1) is 0 Å². The summed E-state index contributed by atoms with van der Waals surface area (Å²) in [4.78, 5) is 15.0. The first-order valence-electron chi connectivity index (χ1n) is 8.54. The first-order chi connectivity index (χ1) is 12.1. The summed E-state index contributed by atoms with van der Waals surface area (Å²) in [6, 6.07) is 10.1. The Morgan fingerprint density at radius 3 is 2.68 bits per heavy atom. The first-order valence-corrected chi connectivity index (χ1v) is 8.54. The number of β-amino-alcohol motifs (C(OH)–C–C–N with tert-alkyl or cyclic N) is 1. The van der Waals surface area contributed by atoms with Crippen molar-refractivity contribution in [1.29, 1.82) is 0 Å². The van der Waals surface area contributed by atoms with Gasteiger partial charge in [-0.1, -0.05) is 30.3 Å². The van der Waals surface area contributed by atoms with E-state index in [1.807, 2.05) is 41.4 Å². The molecule has 0 saturated carbocycles. The van der Waals surface area contributed by atoms with Crippen molar-refractivity contribution in [1.82, 2.24) is 20.0 Å². The van der Waals surface area contributed by atoms with Gasteiger partial charge in [-0.25, -0.2) is 0 Å². The van der Waals surface area contributed by atoms with Crippen LogP contribution in [0.3, 0.4) is 0 Å². The highest BCUT2D eigenvalue weighted by molar-refractivity contribution is 5.66. The number of rotatable bonds is 6. The number of aliphatic carboxylic acids is 1. The van der Waals surface area contributed by atoms with Gasteiger partial charge in [0, 0.05) is 44.8 Å². The van der Waals surface area contributed by atoms with Crippen LogP contribution in [-0.4, -0.2) is 75.0 Å². The third kappa shape index (κ3) is 4.88. The zero-order chi connectivity index (χ0) is 17.6. The van der Waals surface area contributed by atoms with Gasteiger partial charge >= 0.3 is 5.97 Å². The predicted molar refractivity (Wildman–Crippen MR) is 94.0 cm³/mol. The molecule has 3 rings (SSSR count). The molecule has 0 bridgehead atoms. The largest absolute Gasteiger partial charge is 0.481 e. The summed E-state index contributed by atoms with van der Waals surface area (Å²) in [5.74, 6) is -0.804. The lowest BCUT2D eigenvalue weighted by Crippen LogP contribution is -2.34. The van der Waals surface area contributed by atoms with Gasteiger partial charge in [0.25, 0.3) is 0 Å². The highest BCUT2D eigenvalue weighted by Crippen LogP contribution is 2.22. The van der Waals surface area contributed by atoms with E-state index in [1.54, 1.807) is 0 Å². The van der Waals surface area contributed by atoms with Gasteiger partial charge in [0.2, 0.25) is 0 Å². The number of H-pyrrole nitrogens is 1. The summed E-state index contributed by atoms with van der Waals surface area (Å²) >= 11 is 0. The molecule has 1 saturated heterocycles. The molecule has 3 N–H and O–H groups in total. The van der Waals surface area contributed by atoms with Crippen molar-refractivity contribution in [3.63, 3.8) is 0 Å². The quantitative estimate of drug-likeness (QED) is 0.725. The third-order valence-electron chi connectivity index (χ3n) is 4.49. The molecule has 1 fully saturated rings. The zero-order valence-electron chi connectivity index (χ0n) is 14.1. The SMILES string of the molecule is O=C(O)CCN1CCN(Cc2cn[nH]c2-c2ccccc2)CC(O)C1. The van der Waals surface area contributed by atoms with Gasteiger partial charge in [-0.05, 0) is 5.56 Å². The molecule has 1 aliphatic rings. The molecular weight excluding hydrogens is 320 g/mol. The van der Waals surface area contributed by atoms with E-state index in [0.29, 0.717) is 26.2 Å². The summed E-state index contributed by atoms with van der Waals surface area (Å²) in [5.41, 5.74) is 3.19. The van der Waals surface area contributed by atoms with Gasteiger partial charge in [0.15, 0.2) is 0 Å². The molecule has 2 heterocycles. The maximum atomic E-state index is 10.7. The average molecular weight is 344 g/mol. The maximum Gasteiger partial charge on any atom is 0.304 e. The van der Waals surface area contributed by atoms with Crippen LogP contribution >= 0.6 is 0 Å². The van der Waals surface area contributed by atoms with Crippen LogP contribution in [0.5, 0.6) is 0 Å². The second kappa shape index (κ2) is 8.24. The van der Waals surface area contributed by atoms with Crippen molar-refractivity contribution >= 4 is 5.97 Å². The highest BCUT2D eigenvalue weighted by Gasteiger charge is 2.22. The van der Waals surface area contributed by atoms with E-state index in [2.05, 4.69) is 15.1 Å². The molecule has 0 spiro atoms. The summed E-state index contributed by atoms with van der Waals surface area (Å²) < 4.78 is 0. The molecule has 1 atom stereocenters. The topological polar surface area (TPSA) is 92.7 Å². The van der Waals surface area contributed by atoms with Crippen molar-refractivity contribution in [2.45, 2.75) is 19.1 Å². The molecule has 7 heteroatoms. The molecule has 0 radical (unpaired) electrons. The molecule has 2 aromatic rings. The number of carboxylic acid groups (broad SMARTS) is 1. The number of aliphatic hydroxyl groups is 1. The Balaban J connectivity index is 1.64. The molecule has 1 aromatic heterocycles. The van der Waals surface area contributed by atoms with Crippen molar-refractivity contribution in [2.75, 3.05) is 32.7 Å². The third-order valence-corrected chi connectivity index (χ3v) is 4.49. The van der Waals surface area contributed by atoms with E-state index in [0.717, 1.165) is 29.9 Å². The summed E-state index contributed by atoms with van der Waals surface area (Å²) in [6.07, 6.45) is 1.46. The number of nitrogens with zero attached hydrogens (tertiary/aromatic N) is 3. The van der Waals surface area contributed by atoms with Crippen LogP contribution in [0.25, 0.3) is 11.3 Å². The van der Waals surface area contributed by atoms with Crippen LogP contribution in [0.15, 0.2) is 36.5 Å². The average Bonchev–Trinajstić information content (AvgIpc) is 2.97. The number of hydrogen-bond donors (Lipinski definition) is 3. The highest BCUT2D eigenvalue weighted by atomic mass is 16.4. The molecule has 0 aliphatic carbocycles. The molecule has 1 aromatic carbocycles. The van der Waals surface area contributed by atoms with Crippen molar-refractivity contribution in [2.24, 2.45) is 0 Å². The monoisotopic (exact) mass is 344 g/mol. The van der Waals surface area contributed by atoms with Crippen molar-refractivity contribution < 1.29 is 15.0 Å². The number of aromatic nitrogens is 2. The number of benzene rings is 1.